The second-order valence-corrected chi connectivity index (χ2v) is 8.02. The molecule has 0 bridgehead atoms. The third kappa shape index (κ3) is 2.88. The highest BCUT2D eigenvalue weighted by molar-refractivity contribution is 7.20. The van der Waals surface area contributed by atoms with Crippen LogP contribution in [0.25, 0.3) is 10.2 Å². The van der Waals surface area contributed by atoms with E-state index in [0.717, 1.165) is 32.2 Å². The number of thiophene rings is 1. The van der Waals surface area contributed by atoms with Crippen molar-refractivity contribution in [3.05, 3.63) is 40.9 Å². The van der Waals surface area contributed by atoms with Crippen molar-refractivity contribution in [2.24, 2.45) is 13.0 Å². The highest BCUT2D eigenvalue weighted by Gasteiger charge is 2.36. The SMILES string of the molecule is COc1ccc(N(C(=O)c2cc3c(C)nn(C)c3s2)C(C)C2CC2)cc1. The molecule has 1 aliphatic carbocycles. The van der Waals surface area contributed by atoms with E-state index >= 15 is 0 Å². The number of amides is 1. The van der Waals surface area contributed by atoms with Gasteiger partial charge in [-0.25, -0.2) is 0 Å². The number of ether oxygens (including phenoxy) is 1. The summed E-state index contributed by atoms with van der Waals surface area (Å²) < 4.78 is 7.11. The van der Waals surface area contributed by atoms with Crippen LogP contribution in [0.15, 0.2) is 30.3 Å². The lowest BCUT2D eigenvalue weighted by Crippen LogP contribution is -2.39. The van der Waals surface area contributed by atoms with Crippen molar-refractivity contribution in [1.29, 1.82) is 0 Å². The Labute approximate surface area is 157 Å². The molecular weight excluding hydrogens is 346 g/mol. The van der Waals surface area contributed by atoms with Crippen molar-refractivity contribution < 1.29 is 9.53 Å². The van der Waals surface area contributed by atoms with Crippen LogP contribution in [0, 0.1) is 12.8 Å². The highest BCUT2D eigenvalue weighted by Crippen LogP contribution is 2.39. The van der Waals surface area contributed by atoms with Crippen LogP contribution in [0.2, 0.25) is 0 Å². The molecule has 1 fully saturated rings. The fraction of sp³-hybridized carbons (Fsp3) is 0.400. The first-order chi connectivity index (χ1) is 12.5. The summed E-state index contributed by atoms with van der Waals surface area (Å²) in [7, 11) is 3.58. The average molecular weight is 369 g/mol. The van der Waals surface area contributed by atoms with Crippen LogP contribution in [0.3, 0.4) is 0 Å². The van der Waals surface area contributed by atoms with Crippen LogP contribution < -0.4 is 9.64 Å². The normalized spacial score (nSPS) is 15.2. The number of hydrogen-bond acceptors (Lipinski definition) is 4. The first kappa shape index (κ1) is 17.1. The molecule has 1 aliphatic rings. The number of methoxy groups -OCH3 is 1. The molecule has 6 heteroatoms. The van der Waals surface area contributed by atoms with E-state index in [9.17, 15) is 4.79 Å². The summed E-state index contributed by atoms with van der Waals surface area (Å²) >= 11 is 1.52. The molecule has 0 N–H and O–H groups in total. The summed E-state index contributed by atoms with van der Waals surface area (Å²) in [6.07, 6.45) is 2.38. The van der Waals surface area contributed by atoms with Gasteiger partial charge in [0.15, 0.2) is 0 Å². The molecule has 136 valence electrons. The maximum absolute atomic E-state index is 13.4. The van der Waals surface area contributed by atoms with Crippen molar-refractivity contribution in [3.8, 4) is 5.75 Å². The molecule has 0 radical (unpaired) electrons. The number of carbonyl (C=O) groups is 1. The van der Waals surface area contributed by atoms with Gasteiger partial charge in [-0.15, -0.1) is 11.3 Å². The first-order valence-corrected chi connectivity index (χ1v) is 9.72. The molecule has 0 saturated heterocycles. The van der Waals surface area contributed by atoms with E-state index in [2.05, 4.69) is 12.0 Å². The molecule has 1 amide bonds. The van der Waals surface area contributed by atoms with Crippen molar-refractivity contribution in [3.63, 3.8) is 0 Å². The lowest BCUT2D eigenvalue weighted by Gasteiger charge is -2.29. The fourth-order valence-corrected chi connectivity index (χ4v) is 4.56. The van der Waals surface area contributed by atoms with Crippen LogP contribution in [0.1, 0.15) is 35.1 Å². The number of anilines is 1. The predicted molar refractivity (Wildman–Crippen MR) is 105 cm³/mol. The number of aromatic nitrogens is 2. The van der Waals surface area contributed by atoms with Crippen LogP contribution in [-0.4, -0.2) is 28.8 Å². The minimum Gasteiger partial charge on any atom is -0.497 e. The van der Waals surface area contributed by atoms with Gasteiger partial charge in [-0.1, -0.05) is 0 Å². The molecular formula is C20H23N3O2S. The number of nitrogens with zero attached hydrogens (tertiary/aromatic N) is 3. The monoisotopic (exact) mass is 369 g/mol. The van der Waals surface area contributed by atoms with Crippen molar-refractivity contribution >= 4 is 33.1 Å². The van der Waals surface area contributed by atoms with E-state index in [1.807, 2.05) is 53.9 Å². The van der Waals surface area contributed by atoms with Crippen molar-refractivity contribution in [1.82, 2.24) is 9.78 Å². The van der Waals surface area contributed by atoms with Gasteiger partial charge in [0.25, 0.3) is 5.91 Å². The van der Waals surface area contributed by atoms with Gasteiger partial charge < -0.3 is 9.64 Å². The Morgan fingerprint density at radius 2 is 2.04 bits per heavy atom. The van der Waals surface area contributed by atoms with Crippen LogP contribution >= 0.6 is 11.3 Å². The topological polar surface area (TPSA) is 47.4 Å². The highest BCUT2D eigenvalue weighted by atomic mass is 32.1. The summed E-state index contributed by atoms with van der Waals surface area (Å²) in [4.78, 5) is 17.2. The van der Waals surface area contributed by atoms with E-state index in [1.54, 1.807) is 7.11 Å². The van der Waals surface area contributed by atoms with Gasteiger partial charge in [0.1, 0.15) is 10.6 Å². The maximum atomic E-state index is 13.4. The number of carbonyl (C=O) groups excluding carboxylic acids is 1. The second-order valence-electron chi connectivity index (χ2n) is 6.99. The van der Waals surface area contributed by atoms with E-state index in [1.165, 1.54) is 24.2 Å². The zero-order chi connectivity index (χ0) is 18.4. The molecule has 0 aliphatic heterocycles. The maximum Gasteiger partial charge on any atom is 0.268 e. The summed E-state index contributed by atoms with van der Waals surface area (Å²) in [5.74, 6) is 1.44. The van der Waals surface area contributed by atoms with Gasteiger partial charge in [0.05, 0.1) is 17.7 Å². The van der Waals surface area contributed by atoms with Gasteiger partial charge in [0.2, 0.25) is 0 Å². The number of benzene rings is 1. The standard InChI is InChI=1S/C20H23N3O2S/c1-12-17-11-18(26-20(17)22(3)21-12)19(24)23(13(2)14-5-6-14)15-7-9-16(25-4)10-8-15/h7-11,13-14H,5-6H2,1-4H3. The summed E-state index contributed by atoms with van der Waals surface area (Å²) in [5, 5.41) is 5.50. The molecule has 3 aromatic rings. The van der Waals surface area contributed by atoms with E-state index in [4.69, 9.17) is 4.74 Å². The Hall–Kier alpha value is -2.34. The first-order valence-electron chi connectivity index (χ1n) is 8.90. The van der Waals surface area contributed by atoms with Crippen LogP contribution in [-0.2, 0) is 7.05 Å². The second kappa shape index (κ2) is 6.43. The Morgan fingerprint density at radius 3 is 2.62 bits per heavy atom. The Bertz CT molecular complexity index is 919. The van der Waals surface area contributed by atoms with E-state index in [0.29, 0.717) is 5.92 Å². The number of rotatable bonds is 5. The van der Waals surface area contributed by atoms with Gasteiger partial charge in [-0.3, -0.25) is 9.48 Å². The summed E-state index contributed by atoms with van der Waals surface area (Å²) in [6, 6.07) is 9.93. The summed E-state index contributed by atoms with van der Waals surface area (Å²) in [5.41, 5.74) is 1.88. The zero-order valence-corrected chi connectivity index (χ0v) is 16.3. The van der Waals surface area contributed by atoms with Crippen molar-refractivity contribution in [2.75, 3.05) is 12.0 Å². The van der Waals surface area contributed by atoms with Crippen LogP contribution in [0.4, 0.5) is 5.69 Å². The molecule has 1 aromatic carbocycles. The van der Waals surface area contributed by atoms with Gasteiger partial charge in [-0.2, -0.15) is 5.10 Å². The molecule has 4 rings (SSSR count). The Balaban J connectivity index is 1.73. The lowest BCUT2D eigenvalue weighted by molar-refractivity contribution is 0.0979. The van der Waals surface area contributed by atoms with Gasteiger partial charge >= 0.3 is 0 Å². The predicted octanol–water partition coefficient (Wildman–Crippen LogP) is 4.40. The zero-order valence-electron chi connectivity index (χ0n) is 15.5. The molecule has 5 nitrogen and oxygen atoms in total. The molecule has 0 spiro atoms. The smallest absolute Gasteiger partial charge is 0.268 e. The minimum atomic E-state index is 0.0650. The summed E-state index contributed by atoms with van der Waals surface area (Å²) in [6.45, 7) is 4.14. The van der Waals surface area contributed by atoms with Crippen LogP contribution in [0.5, 0.6) is 5.75 Å². The average Bonchev–Trinajstić information content (AvgIpc) is 3.33. The minimum absolute atomic E-state index is 0.0650. The van der Waals surface area contributed by atoms with Crippen molar-refractivity contribution in [2.45, 2.75) is 32.7 Å². The third-order valence-corrected chi connectivity index (χ3v) is 6.38. The van der Waals surface area contributed by atoms with Gasteiger partial charge in [-0.05, 0) is 62.9 Å². The Morgan fingerprint density at radius 1 is 1.35 bits per heavy atom. The fourth-order valence-electron chi connectivity index (χ4n) is 3.50. The number of aryl methyl sites for hydroxylation is 2. The number of hydrogen-bond donors (Lipinski definition) is 0. The molecule has 1 atom stereocenters. The molecule has 2 aromatic heterocycles. The quantitative estimate of drug-likeness (QED) is 0.670. The lowest BCUT2D eigenvalue weighted by atomic mass is 10.1. The number of fused-ring (bicyclic) bond motifs is 1. The molecule has 1 saturated carbocycles. The molecule has 1 unspecified atom stereocenters. The van der Waals surface area contributed by atoms with E-state index in [-0.39, 0.29) is 11.9 Å². The molecule has 26 heavy (non-hydrogen) atoms. The van der Waals surface area contributed by atoms with Gasteiger partial charge in [0, 0.05) is 24.2 Å². The Kier molecular flexibility index (Phi) is 4.23. The largest absolute Gasteiger partial charge is 0.497 e. The molecule has 2 heterocycles. The van der Waals surface area contributed by atoms with E-state index < -0.39 is 0 Å². The third-order valence-electron chi connectivity index (χ3n) is 5.19.